The van der Waals surface area contributed by atoms with Crippen LogP contribution in [-0.2, 0) is 14.8 Å². The highest BCUT2D eigenvalue weighted by Gasteiger charge is 2.19. The molecule has 102 valence electrons. The fraction of sp³-hybridized carbons (Fsp3) is 0.909. The molecule has 17 heavy (non-hydrogen) atoms. The van der Waals surface area contributed by atoms with Crippen molar-refractivity contribution < 1.29 is 18.3 Å². The van der Waals surface area contributed by atoms with Gasteiger partial charge in [-0.3, -0.25) is 4.79 Å². The Bertz CT molecular complexity index is 324. The summed E-state index contributed by atoms with van der Waals surface area (Å²) in [6.07, 6.45) is 1.73. The van der Waals surface area contributed by atoms with Gasteiger partial charge in [-0.25, -0.2) is 13.1 Å². The Morgan fingerprint density at radius 1 is 1.29 bits per heavy atom. The summed E-state index contributed by atoms with van der Waals surface area (Å²) in [7, 11) is -3.36. The van der Waals surface area contributed by atoms with Crippen LogP contribution in [0.15, 0.2) is 0 Å². The van der Waals surface area contributed by atoms with Crippen molar-refractivity contribution in [1.82, 2.24) is 4.72 Å². The number of rotatable bonds is 9. The smallest absolute Gasteiger partial charge is 0.304 e. The summed E-state index contributed by atoms with van der Waals surface area (Å²) < 4.78 is 25.9. The molecule has 1 unspecified atom stereocenters. The quantitative estimate of drug-likeness (QED) is 0.663. The zero-order valence-electron chi connectivity index (χ0n) is 10.8. The normalized spacial score (nSPS) is 13.9. The summed E-state index contributed by atoms with van der Waals surface area (Å²) in [6, 6.07) is -0.491. The molecule has 0 radical (unpaired) electrons. The van der Waals surface area contributed by atoms with Gasteiger partial charge < -0.3 is 5.11 Å². The largest absolute Gasteiger partial charge is 0.481 e. The minimum absolute atomic E-state index is 0.0600. The minimum atomic E-state index is -3.36. The molecular formula is C11H23NO4S. The van der Waals surface area contributed by atoms with Crippen LogP contribution in [0.4, 0.5) is 0 Å². The van der Waals surface area contributed by atoms with E-state index >= 15 is 0 Å². The average Bonchev–Trinajstić information content (AvgIpc) is 2.13. The third-order valence-corrected chi connectivity index (χ3v) is 3.83. The summed E-state index contributed by atoms with van der Waals surface area (Å²) in [4.78, 5) is 10.6. The fourth-order valence-electron chi connectivity index (χ4n) is 1.47. The predicted octanol–water partition coefficient (Wildman–Crippen LogP) is 1.60. The lowest BCUT2D eigenvalue weighted by molar-refractivity contribution is -0.137. The number of hydrogen-bond acceptors (Lipinski definition) is 3. The van der Waals surface area contributed by atoms with E-state index in [0.29, 0.717) is 18.8 Å². The lowest BCUT2D eigenvalue weighted by Gasteiger charge is -2.16. The van der Waals surface area contributed by atoms with Gasteiger partial charge in [0.2, 0.25) is 10.0 Å². The lowest BCUT2D eigenvalue weighted by Crippen LogP contribution is -2.38. The first-order valence-corrected chi connectivity index (χ1v) is 7.63. The molecule has 0 bridgehead atoms. The van der Waals surface area contributed by atoms with Crippen molar-refractivity contribution >= 4 is 16.0 Å². The zero-order chi connectivity index (χ0) is 13.5. The third-order valence-electron chi connectivity index (χ3n) is 2.37. The van der Waals surface area contributed by atoms with Crippen molar-refractivity contribution in [2.45, 2.75) is 52.5 Å². The Hall–Kier alpha value is -0.620. The molecule has 0 fully saturated rings. The van der Waals surface area contributed by atoms with Gasteiger partial charge in [0.25, 0.3) is 0 Å². The van der Waals surface area contributed by atoms with Crippen molar-refractivity contribution in [2.24, 2.45) is 5.92 Å². The van der Waals surface area contributed by atoms with E-state index in [2.05, 4.69) is 4.72 Å². The van der Waals surface area contributed by atoms with Gasteiger partial charge in [0.15, 0.2) is 0 Å². The molecule has 0 aromatic rings. The van der Waals surface area contributed by atoms with Gasteiger partial charge >= 0.3 is 5.97 Å². The summed E-state index contributed by atoms with van der Waals surface area (Å²) >= 11 is 0. The van der Waals surface area contributed by atoms with E-state index in [4.69, 9.17) is 5.11 Å². The number of carboxylic acids is 1. The van der Waals surface area contributed by atoms with Crippen LogP contribution in [0.2, 0.25) is 0 Å². The molecule has 5 nitrogen and oxygen atoms in total. The van der Waals surface area contributed by atoms with Crippen LogP contribution in [0, 0.1) is 5.92 Å². The second-order valence-electron chi connectivity index (χ2n) is 4.70. The van der Waals surface area contributed by atoms with Gasteiger partial charge in [-0.05, 0) is 18.8 Å². The van der Waals surface area contributed by atoms with E-state index in [1.807, 2.05) is 20.8 Å². The predicted molar refractivity (Wildman–Crippen MR) is 67.3 cm³/mol. The molecule has 6 heteroatoms. The van der Waals surface area contributed by atoms with E-state index in [0.717, 1.165) is 6.42 Å². The molecule has 0 aliphatic carbocycles. The number of nitrogens with one attached hydrogen (secondary N) is 1. The lowest BCUT2D eigenvalue weighted by atomic mass is 10.1. The maximum atomic E-state index is 11.7. The van der Waals surface area contributed by atoms with Gasteiger partial charge in [-0.1, -0.05) is 27.2 Å². The Kier molecular flexibility index (Phi) is 7.38. The Labute approximate surface area is 104 Å². The van der Waals surface area contributed by atoms with Crippen molar-refractivity contribution in [3.63, 3.8) is 0 Å². The topological polar surface area (TPSA) is 83.5 Å². The molecule has 0 heterocycles. The number of carboxylic acid groups (broad SMARTS) is 1. The molecule has 0 aromatic carbocycles. The first kappa shape index (κ1) is 16.4. The molecule has 0 amide bonds. The molecule has 0 saturated carbocycles. The molecule has 1 atom stereocenters. The van der Waals surface area contributed by atoms with Crippen molar-refractivity contribution in [1.29, 1.82) is 0 Å². The molecule has 0 aliphatic heterocycles. The SMILES string of the molecule is CCCC(CC(=O)O)NS(=O)(=O)CCC(C)C. The zero-order valence-corrected chi connectivity index (χ0v) is 11.6. The Morgan fingerprint density at radius 3 is 2.29 bits per heavy atom. The summed E-state index contributed by atoms with van der Waals surface area (Å²) in [6.45, 7) is 5.81. The number of aliphatic carboxylic acids is 1. The third kappa shape index (κ3) is 9.12. The number of hydrogen-bond donors (Lipinski definition) is 2. The van der Waals surface area contributed by atoms with Crippen LogP contribution in [0.25, 0.3) is 0 Å². The van der Waals surface area contributed by atoms with Crippen LogP contribution in [-0.4, -0.2) is 31.3 Å². The van der Waals surface area contributed by atoms with Crippen molar-refractivity contribution in [2.75, 3.05) is 5.75 Å². The maximum absolute atomic E-state index is 11.7. The molecule has 2 N–H and O–H groups in total. The number of carbonyl (C=O) groups is 1. The van der Waals surface area contributed by atoms with E-state index in [1.54, 1.807) is 0 Å². The van der Waals surface area contributed by atoms with Gasteiger partial charge in [0.1, 0.15) is 0 Å². The average molecular weight is 265 g/mol. The summed E-state index contributed by atoms with van der Waals surface area (Å²) in [5, 5.41) is 8.69. The van der Waals surface area contributed by atoms with Crippen LogP contribution in [0.5, 0.6) is 0 Å². The van der Waals surface area contributed by atoms with E-state index in [9.17, 15) is 13.2 Å². The van der Waals surface area contributed by atoms with Crippen LogP contribution < -0.4 is 4.72 Å². The van der Waals surface area contributed by atoms with E-state index in [-0.39, 0.29) is 12.2 Å². The van der Waals surface area contributed by atoms with Crippen molar-refractivity contribution in [3.05, 3.63) is 0 Å². The Morgan fingerprint density at radius 2 is 1.88 bits per heavy atom. The van der Waals surface area contributed by atoms with Gasteiger partial charge in [-0.2, -0.15) is 0 Å². The van der Waals surface area contributed by atoms with Crippen LogP contribution >= 0.6 is 0 Å². The van der Waals surface area contributed by atoms with Crippen LogP contribution in [0.3, 0.4) is 0 Å². The minimum Gasteiger partial charge on any atom is -0.481 e. The highest BCUT2D eigenvalue weighted by atomic mass is 32.2. The van der Waals surface area contributed by atoms with Gasteiger partial charge in [0, 0.05) is 6.04 Å². The second-order valence-corrected chi connectivity index (χ2v) is 6.58. The molecule has 0 spiro atoms. The molecule has 0 aromatic heterocycles. The van der Waals surface area contributed by atoms with Crippen molar-refractivity contribution in [3.8, 4) is 0 Å². The second kappa shape index (κ2) is 7.66. The van der Waals surface area contributed by atoms with Gasteiger partial charge in [-0.15, -0.1) is 0 Å². The molecule has 0 aliphatic rings. The monoisotopic (exact) mass is 265 g/mol. The number of sulfonamides is 1. The first-order valence-electron chi connectivity index (χ1n) is 5.98. The molecule has 0 saturated heterocycles. The first-order chi connectivity index (χ1) is 7.76. The van der Waals surface area contributed by atoms with E-state index < -0.39 is 22.0 Å². The highest BCUT2D eigenvalue weighted by molar-refractivity contribution is 7.89. The molecular weight excluding hydrogens is 242 g/mol. The van der Waals surface area contributed by atoms with E-state index in [1.165, 1.54) is 0 Å². The van der Waals surface area contributed by atoms with Gasteiger partial charge in [0.05, 0.1) is 12.2 Å². The summed E-state index contributed by atoms with van der Waals surface area (Å²) in [5.41, 5.74) is 0. The Balaban J connectivity index is 4.36. The highest BCUT2D eigenvalue weighted by Crippen LogP contribution is 2.07. The standard InChI is InChI=1S/C11H23NO4S/c1-4-5-10(8-11(13)14)12-17(15,16)7-6-9(2)3/h9-10,12H,4-8H2,1-3H3,(H,13,14). The van der Waals surface area contributed by atoms with Crippen LogP contribution in [0.1, 0.15) is 46.5 Å². The maximum Gasteiger partial charge on any atom is 0.304 e. The molecule has 0 rings (SSSR count). The summed E-state index contributed by atoms with van der Waals surface area (Å²) in [5.74, 6) is -0.601. The fourth-order valence-corrected chi connectivity index (χ4v) is 3.07.